The van der Waals surface area contributed by atoms with Crippen molar-refractivity contribution in [2.45, 2.75) is 12.3 Å². The maximum absolute atomic E-state index is 5.77. The van der Waals surface area contributed by atoms with Crippen molar-refractivity contribution in [1.82, 2.24) is 15.0 Å². The van der Waals surface area contributed by atoms with Crippen LogP contribution >= 0.6 is 11.6 Å². The number of pyridine rings is 1. The molecule has 82 valence electrons. The normalized spacial score (nSPS) is 22.5. The summed E-state index contributed by atoms with van der Waals surface area (Å²) in [6, 6.07) is 3.95. The standard InChI is InChI=1S/C11H16ClN3/c1-14(2)15-6-5-10(8-15)9-3-4-11(12)13-7-9/h3-4,7,10H,5-6,8H2,1-2H3/t10-/m0/s1. The van der Waals surface area contributed by atoms with E-state index >= 15 is 0 Å². The molecule has 1 fully saturated rings. The van der Waals surface area contributed by atoms with E-state index in [2.05, 4.69) is 35.2 Å². The Kier molecular flexibility index (Phi) is 3.24. The van der Waals surface area contributed by atoms with E-state index in [4.69, 9.17) is 11.6 Å². The monoisotopic (exact) mass is 225 g/mol. The van der Waals surface area contributed by atoms with Gasteiger partial charge in [-0.05, 0) is 18.1 Å². The first kappa shape index (κ1) is 10.9. The third kappa shape index (κ3) is 2.48. The van der Waals surface area contributed by atoms with Crippen LogP contribution in [0.5, 0.6) is 0 Å². The summed E-state index contributed by atoms with van der Waals surface area (Å²) in [4.78, 5) is 4.13. The summed E-state index contributed by atoms with van der Waals surface area (Å²) in [7, 11) is 4.17. The van der Waals surface area contributed by atoms with Gasteiger partial charge in [0.2, 0.25) is 0 Å². The molecular weight excluding hydrogens is 210 g/mol. The molecule has 0 unspecified atom stereocenters. The van der Waals surface area contributed by atoms with E-state index in [0.29, 0.717) is 11.1 Å². The van der Waals surface area contributed by atoms with Crippen molar-refractivity contribution in [3.05, 3.63) is 29.0 Å². The van der Waals surface area contributed by atoms with Crippen LogP contribution in [0.15, 0.2) is 18.3 Å². The third-order valence-corrected chi connectivity index (χ3v) is 3.18. The Labute approximate surface area is 95.6 Å². The van der Waals surface area contributed by atoms with Gasteiger partial charge in [-0.15, -0.1) is 0 Å². The Balaban J connectivity index is 2.04. The molecule has 0 N–H and O–H groups in total. The topological polar surface area (TPSA) is 19.4 Å². The van der Waals surface area contributed by atoms with Crippen molar-refractivity contribution in [2.24, 2.45) is 0 Å². The Hall–Kier alpha value is -0.640. The molecule has 1 atom stereocenters. The molecular formula is C11H16ClN3. The van der Waals surface area contributed by atoms with Gasteiger partial charge in [0.05, 0.1) is 0 Å². The van der Waals surface area contributed by atoms with E-state index in [9.17, 15) is 0 Å². The van der Waals surface area contributed by atoms with Gasteiger partial charge in [0.25, 0.3) is 0 Å². The van der Waals surface area contributed by atoms with Gasteiger partial charge in [0.1, 0.15) is 5.15 Å². The van der Waals surface area contributed by atoms with Crippen molar-refractivity contribution in [2.75, 3.05) is 27.2 Å². The Bertz CT molecular complexity index is 323. The largest absolute Gasteiger partial charge is 0.248 e. The Morgan fingerprint density at radius 1 is 1.47 bits per heavy atom. The van der Waals surface area contributed by atoms with Gasteiger partial charge in [-0.1, -0.05) is 17.7 Å². The van der Waals surface area contributed by atoms with Crippen molar-refractivity contribution in [3.8, 4) is 0 Å². The molecule has 0 aliphatic carbocycles. The van der Waals surface area contributed by atoms with Gasteiger partial charge in [-0.25, -0.2) is 15.0 Å². The number of rotatable bonds is 2. The van der Waals surface area contributed by atoms with Gasteiger partial charge >= 0.3 is 0 Å². The fraction of sp³-hybridized carbons (Fsp3) is 0.545. The molecule has 1 saturated heterocycles. The minimum absolute atomic E-state index is 0.571. The third-order valence-electron chi connectivity index (χ3n) is 2.95. The lowest BCUT2D eigenvalue weighted by Gasteiger charge is -2.23. The van der Waals surface area contributed by atoms with Crippen LogP contribution in [0.3, 0.4) is 0 Å². The number of hydrazine groups is 1. The summed E-state index contributed by atoms with van der Waals surface area (Å²) in [6.07, 6.45) is 3.09. The molecule has 1 aromatic rings. The molecule has 2 heterocycles. The number of halogens is 1. The molecule has 1 aliphatic heterocycles. The van der Waals surface area contributed by atoms with E-state index in [0.717, 1.165) is 13.1 Å². The second-order valence-electron chi connectivity index (χ2n) is 4.16. The van der Waals surface area contributed by atoms with Crippen LogP contribution < -0.4 is 0 Å². The molecule has 15 heavy (non-hydrogen) atoms. The van der Waals surface area contributed by atoms with Crippen LogP contribution in [0, 0.1) is 0 Å². The maximum atomic E-state index is 5.77. The molecule has 0 aromatic carbocycles. The first-order valence-electron chi connectivity index (χ1n) is 5.20. The fourth-order valence-electron chi connectivity index (χ4n) is 2.01. The number of nitrogens with zero attached hydrogens (tertiary/aromatic N) is 3. The second kappa shape index (κ2) is 4.47. The van der Waals surface area contributed by atoms with Gasteiger partial charge in [-0.2, -0.15) is 0 Å². The number of aromatic nitrogens is 1. The van der Waals surface area contributed by atoms with Crippen molar-refractivity contribution in [3.63, 3.8) is 0 Å². The summed E-state index contributed by atoms with van der Waals surface area (Å²) >= 11 is 5.77. The van der Waals surface area contributed by atoms with E-state index in [1.54, 1.807) is 0 Å². The minimum Gasteiger partial charge on any atom is -0.248 e. The highest BCUT2D eigenvalue weighted by Gasteiger charge is 2.24. The number of hydrogen-bond donors (Lipinski definition) is 0. The van der Waals surface area contributed by atoms with Crippen molar-refractivity contribution < 1.29 is 0 Å². The van der Waals surface area contributed by atoms with Crippen molar-refractivity contribution >= 4 is 11.6 Å². The second-order valence-corrected chi connectivity index (χ2v) is 4.55. The molecule has 1 aromatic heterocycles. The zero-order valence-corrected chi connectivity index (χ0v) is 9.91. The highest BCUT2D eigenvalue weighted by atomic mass is 35.5. The minimum atomic E-state index is 0.571. The lowest BCUT2D eigenvalue weighted by atomic mass is 10.0. The first-order valence-corrected chi connectivity index (χ1v) is 5.58. The summed E-state index contributed by atoms with van der Waals surface area (Å²) in [6.45, 7) is 2.20. The summed E-state index contributed by atoms with van der Waals surface area (Å²) in [5.41, 5.74) is 1.30. The molecule has 0 bridgehead atoms. The van der Waals surface area contributed by atoms with Crippen LogP contribution in [0.1, 0.15) is 17.9 Å². The quantitative estimate of drug-likeness (QED) is 0.718. The van der Waals surface area contributed by atoms with E-state index in [1.165, 1.54) is 12.0 Å². The van der Waals surface area contributed by atoms with Crippen molar-refractivity contribution in [1.29, 1.82) is 0 Å². The zero-order valence-electron chi connectivity index (χ0n) is 9.15. The molecule has 0 amide bonds. The fourth-order valence-corrected chi connectivity index (χ4v) is 2.12. The molecule has 3 nitrogen and oxygen atoms in total. The summed E-state index contributed by atoms with van der Waals surface area (Å²) in [5, 5.41) is 5.07. The van der Waals surface area contributed by atoms with E-state index in [1.807, 2.05) is 12.3 Å². The van der Waals surface area contributed by atoms with Gasteiger partial charge in [0.15, 0.2) is 0 Å². The van der Waals surface area contributed by atoms with Crippen LogP contribution in [0.4, 0.5) is 0 Å². The predicted octanol–water partition coefficient (Wildman–Crippen LogP) is 2.00. The van der Waals surface area contributed by atoms with Gasteiger partial charge in [0, 0.05) is 39.3 Å². The van der Waals surface area contributed by atoms with Gasteiger partial charge < -0.3 is 0 Å². The maximum Gasteiger partial charge on any atom is 0.129 e. The predicted molar refractivity (Wildman–Crippen MR) is 61.9 cm³/mol. The Morgan fingerprint density at radius 2 is 2.27 bits per heavy atom. The number of hydrogen-bond acceptors (Lipinski definition) is 3. The van der Waals surface area contributed by atoms with Crippen LogP contribution in [0.2, 0.25) is 5.15 Å². The average Bonchev–Trinajstić information content (AvgIpc) is 2.68. The summed E-state index contributed by atoms with van der Waals surface area (Å²) in [5.74, 6) is 0.595. The molecule has 0 spiro atoms. The zero-order chi connectivity index (χ0) is 10.8. The Morgan fingerprint density at radius 3 is 2.80 bits per heavy atom. The average molecular weight is 226 g/mol. The molecule has 1 aliphatic rings. The van der Waals surface area contributed by atoms with Gasteiger partial charge in [-0.3, -0.25) is 0 Å². The first-order chi connectivity index (χ1) is 7.16. The van der Waals surface area contributed by atoms with Crippen LogP contribution in [-0.2, 0) is 0 Å². The lowest BCUT2D eigenvalue weighted by Crippen LogP contribution is -2.34. The highest BCUT2D eigenvalue weighted by molar-refractivity contribution is 6.29. The van der Waals surface area contributed by atoms with Crippen LogP contribution in [0.25, 0.3) is 0 Å². The summed E-state index contributed by atoms with van der Waals surface area (Å²) < 4.78 is 0. The molecule has 2 rings (SSSR count). The molecule has 4 heteroatoms. The van der Waals surface area contributed by atoms with E-state index < -0.39 is 0 Å². The smallest absolute Gasteiger partial charge is 0.129 e. The molecule has 0 radical (unpaired) electrons. The highest BCUT2D eigenvalue weighted by Crippen LogP contribution is 2.27. The SMILES string of the molecule is CN(C)N1CC[C@H](c2ccc(Cl)nc2)C1. The van der Waals surface area contributed by atoms with E-state index in [-0.39, 0.29) is 0 Å². The lowest BCUT2D eigenvalue weighted by molar-refractivity contribution is 0.0521. The van der Waals surface area contributed by atoms with Crippen LogP contribution in [-0.4, -0.2) is 42.2 Å². The molecule has 0 saturated carbocycles.